The molecule has 0 saturated carbocycles. The number of morpholine rings is 1. The van der Waals surface area contributed by atoms with E-state index < -0.39 is 11.8 Å². The number of carboxylic acids is 1. The average molecular weight is 267 g/mol. The second-order valence-electron chi connectivity index (χ2n) is 4.80. The van der Waals surface area contributed by atoms with Crippen LogP contribution in [-0.2, 0) is 4.74 Å². The second kappa shape index (κ2) is 5.57. The van der Waals surface area contributed by atoms with Crippen molar-refractivity contribution >= 4 is 11.7 Å². The van der Waals surface area contributed by atoms with Gasteiger partial charge >= 0.3 is 5.97 Å². The summed E-state index contributed by atoms with van der Waals surface area (Å²) in [7, 11) is 0. The Morgan fingerprint density at radius 3 is 2.95 bits per heavy atom. The minimum atomic E-state index is -1.23. The van der Waals surface area contributed by atoms with Gasteiger partial charge in [0.05, 0.1) is 24.4 Å². The van der Waals surface area contributed by atoms with E-state index in [1.165, 1.54) is 6.07 Å². The number of ether oxygens (including phenoxy) is 1. The molecule has 0 radical (unpaired) electrons. The average Bonchev–Trinajstić information content (AvgIpc) is 2.37. The van der Waals surface area contributed by atoms with Crippen LogP contribution in [0.1, 0.15) is 30.6 Å². The summed E-state index contributed by atoms with van der Waals surface area (Å²) in [5, 5.41) is 9.20. The lowest BCUT2D eigenvalue weighted by Crippen LogP contribution is -2.49. The van der Waals surface area contributed by atoms with Crippen molar-refractivity contribution in [2.24, 2.45) is 0 Å². The second-order valence-corrected chi connectivity index (χ2v) is 4.80. The van der Waals surface area contributed by atoms with E-state index in [9.17, 15) is 14.3 Å². The van der Waals surface area contributed by atoms with Gasteiger partial charge in [0, 0.05) is 6.54 Å². The fourth-order valence-electron chi connectivity index (χ4n) is 2.44. The first-order valence-corrected chi connectivity index (χ1v) is 6.44. The quantitative estimate of drug-likeness (QED) is 0.914. The van der Waals surface area contributed by atoms with E-state index >= 15 is 0 Å². The molecule has 1 aliphatic heterocycles. The molecule has 1 aromatic rings. The number of nitrogens with zero attached hydrogens (tertiary/aromatic N) is 1. The summed E-state index contributed by atoms with van der Waals surface area (Å²) in [5.41, 5.74) is 0.185. The van der Waals surface area contributed by atoms with Crippen molar-refractivity contribution < 1.29 is 19.0 Å². The van der Waals surface area contributed by atoms with Crippen LogP contribution < -0.4 is 4.90 Å². The topological polar surface area (TPSA) is 49.8 Å². The van der Waals surface area contributed by atoms with Gasteiger partial charge < -0.3 is 14.7 Å². The molecule has 1 N–H and O–H groups in total. The van der Waals surface area contributed by atoms with Gasteiger partial charge in [0.1, 0.15) is 11.4 Å². The van der Waals surface area contributed by atoms with Crippen molar-refractivity contribution in [1.82, 2.24) is 0 Å². The number of hydrogen-bond acceptors (Lipinski definition) is 3. The Hall–Kier alpha value is -1.62. The van der Waals surface area contributed by atoms with E-state index in [0.29, 0.717) is 18.8 Å². The summed E-state index contributed by atoms with van der Waals surface area (Å²) in [6.07, 6.45) is 0.829. The third-order valence-corrected chi connectivity index (χ3v) is 3.45. The zero-order chi connectivity index (χ0) is 14.0. The number of halogens is 1. The van der Waals surface area contributed by atoms with Crippen molar-refractivity contribution in [3.63, 3.8) is 0 Å². The predicted octanol–water partition coefficient (Wildman–Crippen LogP) is 2.53. The summed E-state index contributed by atoms with van der Waals surface area (Å²) in [6, 6.07) is 4.46. The molecule has 0 amide bonds. The molecule has 1 aliphatic rings. The highest BCUT2D eigenvalue weighted by atomic mass is 19.1. The van der Waals surface area contributed by atoms with E-state index in [4.69, 9.17) is 4.74 Å². The van der Waals surface area contributed by atoms with Crippen molar-refractivity contribution in [2.75, 3.05) is 18.1 Å². The number of anilines is 1. The largest absolute Gasteiger partial charge is 0.478 e. The van der Waals surface area contributed by atoms with Crippen LogP contribution in [0.25, 0.3) is 0 Å². The Balaban J connectivity index is 2.44. The van der Waals surface area contributed by atoms with Gasteiger partial charge in [0.2, 0.25) is 0 Å². The molecule has 4 nitrogen and oxygen atoms in total. The highest BCUT2D eigenvalue weighted by molar-refractivity contribution is 5.94. The summed E-state index contributed by atoms with van der Waals surface area (Å²) in [4.78, 5) is 13.2. The number of rotatable bonds is 3. The lowest BCUT2D eigenvalue weighted by molar-refractivity contribution is 0.0297. The van der Waals surface area contributed by atoms with Gasteiger partial charge in [0.25, 0.3) is 0 Å². The predicted molar refractivity (Wildman–Crippen MR) is 70.2 cm³/mol. The van der Waals surface area contributed by atoms with Crippen LogP contribution in [0.5, 0.6) is 0 Å². The van der Waals surface area contributed by atoms with Gasteiger partial charge in [-0.05, 0) is 25.5 Å². The Kier molecular flexibility index (Phi) is 4.04. The molecule has 19 heavy (non-hydrogen) atoms. The van der Waals surface area contributed by atoms with Crippen LogP contribution in [0, 0.1) is 5.82 Å². The van der Waals surface area contributed by atoms with Gasteiger partial charge in [-0.15, -0.1) is 0 Å². The molecule has 1 saturated heterocycles. The van der Waals surface area contributed by atoms with E-state index in [1.54, 1.807) is 12.1 Å². The van der Waals surface area contributed by atoms with Crippen molar-refractivity contribution in [1.29, 1.82) is 0 Å². The summed E-state index contributed by atoms with van der Waals surface area (Å²) in [5.74, 6) is -1.93. The Morgan fingerprint density at radius 2 is 2.32 bits per heavy atom. The lowest BCUT2D eigenvalue weighted by Gasteiger charge is -2.40. The van der Waals surface area contributed by atoms with Crippen molar-refractivity contribution in [2.45, 2.75) is 32.4 Å². The van der Waals surface area contributed by atoms with E-state index in [2.05, 4.69) is 0 Å². The molecular weight excluding hydrogens is 249 g/mol. The zero-order valence-corrected chi connectivity index (χ0v) is 11.1. The van der Waals surface area contributed by atoms with E-state index in [0.717, 1.165) is 6.42 Å². The van der Waals surface area contributed by atoms with Gasteiger partial charge in [-0.1, -0.05) is 13.0 Å². The molecule has 2 atom stereocenters. The Morgan fingerprint density at radius 1 is 1.58 bits per heavy atom. The maximum absolute atomic E-state index is 13.7. The molecule has 2 unspecified atom stereocenters. The van der Waals surface area contributed by atoms with Crippen LogP contribution in [0.3, 0.4) is 0 Å². The minimum Gasteiger partial charge on any atom is -0.478 e. The highest BCUT2D eigenvalue weighted by Gasteiger charge is 2.29. The van der Waals surface area contributed by atoms with Crippen LogP contribution in [0.4, 0.5) is 10.1 Å². The van der Waals surface area contributed by atoms with Crippen molar-refractivity contribution in [3.8, 4) is 0 Å². The number of hydrogen-bond donors (Lipinski definition) is 1. The maximum Gasteiger partial charge on any atom is 0.340 e. The SMILES string of the molecule is CCC1COC(C)CN1c1cccc(F)c1C(=O)O. The van der Waals surface area contributed by atoms with Crippen molar-refractivity contribution in [3.05, 3.63) is 29.6 Å². The molecule has 5 heteroatoms. The number of aromatic carboxylic acids is 1. The van der Waals surface area contributed by atoms with Gasteiger partial charge in [-0.2, -0.15) is 0 Å². The number of benzene rings is 1. The molecule has 1 aromatic carbocycles. The van der Waals surface area contributed by atoms with Gasteiger partial charge in [-0.3, -0.25) is 0 Å². The first kappa shape index (κ1) is 13.8. The first-order chi connectivity index (χ1) is 9.04. The molecule has 0 spiro atoms. The van der Waals surface area contributed by atoms with Crippen LogP contribution in [0.2, 0.25) is 0 Å². The summed E-state index contributed by atoms with van der Waals surface area (Å²) >= 11 is 0. The normalized spacial score (nSPS) is 23.4. The summed E-state index contributed by atoms with van der Waals surface area (Å²) in [6.45, 7) is 5.05. The smallest absolute Gasteiger partial charge is 0.340 e. The molecule has 0 aromatic heterocycles. The van der Waals surface area contributed by atoms with Gasteiger partial charge in [0.15, 0.2) is 0 Å². The van der Waals surface area contributed by atoms with Crippen LogP contribution in [0.15, 0.2) is 18.2 Å². The van der Waals surface area contributed by atoms with E-state index in [-0.39, 0.29) is 17.7 Å². The highest BCUT2D eigenvalue weighted by Crippen LogP contribution is 2.28. The molecule has 1 heterocycles. The fourth-order valence-corrected chi connectivity index (χ4v) is 2.44. The van der Waals surface area contributed by atoms with Crippen LogP contribution in [-0.4, -0.2) is 36.4 Å². The molecule has 2 rings (SSSR count). The third kappa shape index (κ3) is 2.71. The summed E-state index contributed by atoms with van der Waals surface area (Å²) < 4.78 is 19.3. The first-order valence-electron chi connectivity index (χ1n) is 6.44. The fraction of sp³-hybridized carbons (Fsp3) is 0.500. The molecule has 0 bridgehead atoms. The monoisotopic (exact) mass is 267 g/mol. The number of carboxylic acid groups (broad SMARTS) is 1. The van der Waals surface area contributed by atoms with Gasteiger partial charge in [-0.25, -0.2) is 9.18 Å². The molecule has 104 valence electrons. The maximum atomic E-state index is 13.7. The Labute approximate surface area is 111 Å². The number of carbonyl (C=O) groups is 1. The lowest BCUT2D eigenvalue weighted by atomic mass is 10.1. The Bertz CT molecular complexity index is 478. The van der Waals surface area contributed by atoms with E-state index in [1.807, 2.05) is 18.7 Å². The molecule has 1 fully saturated rings. The molecular formula is C14H18FNO3. The third-order valence-electron chi connectivity index (χ3n) is 3.45. The standard InChI is InChI=1S/C14H18FNO3/c1-3-10-8-19-9(2)7-16(10)12-6-4-5-11(15)13(12)14(17)18/h4-6,9-10H,3,7-8H2,1-2H3,(H,17,18). The zero-order valence-electron chi connectivity index (χ0n) is 11.1. The van der Waals surface area contributed by atoms with Crippen LogP contribution >= 0.6 is 0 Å². The molecule has 0 aliphatic carbocycles. The minimum absolute atomic E-state index is 0.00714.